The molecule has 6 nitrogen and oxygen atoms in total. The highest BCUT2D eigenvalue weighted by atomic mass is 79.9. The van der Waals surface area contributed by atoms with E-state index in [2.05, 4.69) is 21.2 Å². The highest BCUT2D eigenvalue weighted by molar-refractivity contribution is 9.10. The number of benzene rings is 1. The summed E-state index contributed by atoms with van der Waals surface area (Å²) >= 11 is 3.36. The van der Waals surface area contributed by atoms with E-state index in [1.165, 1.54) is 12.3 Å². The molecule has 0 unspecified atom stereocenters. The summed E-state index contributed by atoms with van der Waals surface area (Å²) in [5.74, 6) is -1.09. The van der Waals surface area contributed by atoms with Crippen LogP contribution in [0.2, 0.25) is 0 Å². The van der Waals surface area contributed by atoms with Gasteiger partial charge in [0, 0.05) is 4.47 Å². The number of halogens is 1. The predicted octanol–water partition coefficient (Wildman–Crippen LogP) is 3.02. The maximum atomic E-state index is 12.6. The molecule has 1 fully saturated rings. The van der Waals surface area contributed by atoms with Gasteiger partial charge >= 0.3 is 6.03 Å². The quantitative estimate of drug-likeness (QED) is 0.647. The third kappa shape index (κ3) is 2.83. The molecule has 2 aromatic rings. The molecule has 1 aromatic carbocycles. The zero-order valence-electron chi connectivity index (χ0n) is 12.0. The van der Waals surface area contributed by atoms with E-state index < -0.39 is 17.8 Å². The van der Waals surface area contributed by atoms with Crippen molar-refractivity contribution in [3.05, 3.63) is 58.0 Å². The summed E-state index contributed by atoms with van der Waals surface area (Å²) in [5, 5.41) is 2.16. The predicted molar refractivity (Wildman–Crippen MR) is 86.6 cm³/mol. The molecule has 1 N–H and O–H groups in total. The van der Waals surface area contributed by atoms with Gasteiger partial charge in [-0.25, -0.2) is 9.69 Å². The van der Waals surface area contributed by atoms with Crippen LogP contribution < -0.4 is 10.2 Å². The molecule has 116 valence electrons. The molecule has 0 aliphatic carbocycles. The zero-order valence-corrected chi connectivity index (χ0v) is 13.6. The fourth-order valence-electron chi connectivity index (χ4n) is 2.18. The number of aryl methyl sites for hydroxylation is 1. The summed E-state index contributed by atoms with van der Waals surface area (Å²) in [4.78, 5) is 37.5. The van der Waals surface area contributed by atoms with Crippen LogP contribution in [0.4, 0.5) is 10.5 Å². The Balaban J connectivity index is 2.03. The van der Waals surface area contributed by atoms with Crippen LogP contribution in [0.25, 0.3) is 6.08 Å². The summed E-state index contributed by atoms with van der Waals surface area (Å²) in [6, 6.07) is 7.50. The van der Waals surface area contributed by atoms with Crippen molar-refractivity contribution in [3.63, 3.8) is 0 Å². The van der Waals surface area contributed by atoms with Crippen molar-refractivity contribution in [1.82, 2.24) is 5.32 Å². The van der Waals surface area contributed by atoms with Gasteiger partial charge in [0.05, 0.1) is 12.0 Å². The van der Waals surface area contributed by atoms with E-state index in [4.69, 9.17) is 4.42 Å². The monoisotopic (exact) mass is 374 g/mol. The summed E-state index contributed by atoms with van der Waals surface area (Å²) in [5.41, 5.74) is 1.07. The van der Waals surface area contributed by atoms with E-state index >= 15 is 0 Å². The molecule has 23 heavy (non-hydrogen) atoms. The number of amides is 4. The van der Waals surface area contributed by atoms with Gasteiger partial charge in [0.15, 0.2) is 0 Å². The second-order valence-electron chi connectivity index (χ2n) is 4.91. The molecule has 0 atom stereocenters. The fourth-order valence-corrected chi connectivity index (χ4v) is 2.42. The lowest BCUT2D eigenvalue weighted by molar-refractivity contribution is -0.122. The Morgan fingerprint density at radius 2 is 2.00 bits per heavy atom. The van der Waals surface area contributed by atoms with Crippen molar-refractivity contribution in [3.8, 4) is 0 Å². The third-order valence-electron chi connectivity index (χ3n) is 3.33. The minimum absolute atomic E-state index is 0.167. The van der Waals surface area contributed by atoms with Gasteiger partial charge in [0.2, 0.25) is 0 Å². The van der Waals surface area contributed by atoms with E-state index in [1.54, 1.807) is 30.3 Å². The van der Waals surface area contributed by atoms with Crippen LogP contribution in [0, 0.1) is 6.92 Å². The highest BCUT2D eigenvalue weighted by Crippen LogP contribution is 2.26. The van der Waals surface area contributed by atoms with Crippen LogP contribution in [0.1, 0.15) is 11.3 Å². The standard InChI is InChI=1S/C16H11BrN2O4/c1-9-7-10(4-5-13(9)17)19-15(21)12(14(20)18-16(19)22)8-11-3-2-6-23-11/h2-8H,1H3,(H,18,20,22)/b12-8+. The zero-order chi connectivity index (χ0) is 16.6. The second-order valence-corrected chi connectivity index (χ2v) is 5.76. The van der Waals surface area contributed by atoms with Crippen LogP contribution >= 0.6 is 15.9 Å². The Hall–Kier alpha value is -2.67. The number of imide groups is 2. The van der Waals surface area contributed by atoms with Gasteiger partial charge in [0.25, 0.3) is 11.8 Å². The number of rotatable bonds is 2. The second kappa shape index (κ2) is 5.85. The molecule has 2 heterocycles. The molecule has 1 aromatic heterocycles. The van der Waals surface area contributed by atoms with Gasteiger partial charge in [-0.15, -0.1) is 0 Å². The summed E-state index contributed by atoms with van der Waals surface area (Å²) in [7, 11) is 0. The van der Waals surface area contributed by atoms with Gasteiger partial charge in [-0.3, -0.25) is 14.9 Å². The summed E-state index contributed by atoms with van der Waals surface area (Å²) in [6.07, 6.45) is 2.74. The topological polar surface area (TPSA) is 79.6 Å². The van der Waals surface area contributed by atoms with Gasteiger partial charge in [-0.05, 0) is 48.9 Å². The maximum Gasteiger partial charge on any atom is 0.335 e. The maximum absolute atomic E-state index is 12.6. The van der Waals surface area contributed by atoms with E-state index in [1.807, 2.05) is 6.92 Å². The Labute approximate surface area is 139 Å². The lowest BCUT2D eigenvalue weighted by Crippen LogP contribution is -2.54. The number of carbonyl (C=O) groups excluding carboxylic acids is 3. The normalized spacial score (nSPS) is 16.9. The first-order chi connectivity index (χ1) is 11.0. The Morgan fingerprint density at radius 3 is 2.65 bits per heavy atom. The van der Waals surface area contributed by atoms with Crippen molar-refractivity contribution >= 4 is 45.5 Å². The molecule has 0 spiro atoms. The first-order valence-electron chi connectivity index (χ1n) is 6.68. The Morgan fingerprint density at radius 1 is 1.22 bits per heavy atom. The number of hydrogen-bond donors (Lipinski definition) is 1. The molecule has 4 amide bonds. The minimum atomic E-state index is -0.779. The average molecular weight is 375 g/mol. The third-order valence-corrected chi connectivity index (χ3v) is 4.22. The van der Waals surface area contributed by atoms with Crippen molar-refractivity contribution in [1.29, 1.82) is 0 Å². The van der Waals surface area contributed by atoms with Crippen LogP contribution in [0.5, 0.6) is 0 Å². The molecule has 1 aliphatic rings. The average Bonchev–Trinajstić information content (AvgIpc) is 3.00. The number of urea groups is 1. The van der Waals surface area contributed by atoms with Crippen molar-refractivity contribution < 1.29 is 18.8 Å². The van der Waals surface area contributed by atoms with Crippen molar-refractivity contribution in [2.75, 3.05) is 4.90 Å². The first-order valence-corrected chi connectivity index (χ1v) is 7.48. The summed E-state index contributed by atoms with van der Waals surface area (Å²) < 4.78 is 5.97. The number of furan rings is 1. The number of anilines is 1. The van der Waals surface area contributed by atoms with Crippen LogP contribution in [-0.4, -0.2) is 17.8 Å². The molecule has 1 aliphatic heterocycles. The number of hydrogen-bond acceptors (Lipinski definition) is 4. The largest absolute Gasteiger partial charge is 0.465 e. The van der Waals surface area contributed by atoms with E-state index in [0.717, 1.165) is 14.9 Å². The van der Waals surface area contributed by atoms with Crippen LogP contribution in [0.15, 0.2) is 51.1 Å². The van der Waals surface area contributed by atoms with Gasteiger partial charge in [-0.1, -0.05) is 15.9 Å². The molecule has 0 bridgehead atoms. The minimum Gasteiger partial charge on any atom is -0.465 e. The molecule has 1 saturated heterocycles. The SMILES string of the molecule is Cc1cc(N2C(=O)NC(=O)/C(=C\c3ccco3)C2=O)ccc1Br. The van der Waals surface area contributed by atoms with Gasteiger partial charge in [0.1, 0.15) is 11.3 Å². The Kier molecular flexibility index (Phi) is 3.87. The summed E-state index contributed by atoms with van der Waals surface area (Å²) in [6.45, 7) is 1.84. The lowest BCUT2D eigenvalue weighted by Gasteiger charge is -2.26. The number of nitrogens with zero attached hydrogens (tertiary/aromatic N) is 1. The number of barbiturate groups is 1. The molecular formula is C16H11BrN2O4. The lowest BCUT2D eigenvalue weighted by atomic mass is 10.1. The van der Waals surface area contributed by atoms with Crippen molar-refractivity contribution in [2.45, 2.75) is 6.92 Å². The van der Waals surface area contributed by atoms with Gasteiger partial charge < -0.3 is 4.42 Å². The number of nitrogens with one attached hydrogen (secondary N) is 1. The fraction of sp³-hybridized carbons (Fsp3) is 0.0625. The molecule has 3 rings (SSSR count). The molecular weight excluding hydrogens is 364 g/mol. The van der Waals surface area contributed by atoms with Gasteiger partial charge in [-0.2, -0.15) is 0 Å². The van der Waals surface area contributed by atoms with Crippen LogP contribution in [0.3, 0.4) is 0 Å². The van der Waals surface area contributed by atoms with E-state index in [-0.39, 0.29) is 5.57 Å². The smallest absolute Gasteiger partial charge is 0.335 e. The highest BCUT2D eigenvalue weighted by Gasteiger charge is 2.37. The molecule has 0 saturated carbocycles. The van der Waals surface area contributed by atoms with E-state index in [0.29, 0.717) is 11.4 Å². The molecule has 0 radical (unpaired) electrons. The van der Waals surface area contributed by atoms with E-state index in [9.17, 15) is 14.4 Å². The molecule has 7 heteroatoms. The first kappa shape index (κ1) is 15.2. The number of carbonyl (C=O) groups is 3. The van der Waals surface area contributed by atoms with Crippen LogP contribution in [-0.2, 0) is 9.59 Å². The van der Waals surface area contributed by atoms with Crippen molar-refractivity contribution in [2.24, 2.45) is 0 Å². The Bertz CT molecular complexity index is 840.